The number of halogens is 2. The average Bonchev–Trinajstić information content (AvgIpc) is 2.19. The Morgan fingerprint density at radius 2 is 2.27 bits per heavy atom. The van der Waals surface area contributed by atoms with Gasteiger partial charge >= 0.3 is 11.9 Å². The van der Waals surface area contributed by atoms with Gasteiger partial charge in [0.2, 0.25) is 5.79 Å². The molecule has 1 N–H and O–H groups in total. The van der Waals surface area contributed by atoms with Gasteiger partial charge in [-0.3, -0.25) is 0 Å². The molecule has 1 heterocycles. The molecule has 0 aromatic rings. The molecule has 0 aromatic carbocycles. The largest absolute Gasteiger partial charge is 0.461 e. The van der Waals surface area contributed by atoms with Crippen LogP contribution in [0.25, 0.3) is 0 Å². The van der Waals surface area contributed by atoms with Crippen LogP contribution >= 0.6 is 0 Å². The first-order chi connectivity index (χ1) is 6.94. The van der Waals surface area contributed by atoms with E-state index in [9.17, 15) is 18.7 Å². The third kappa shape index (κ3) is 2.26. The van der Waals surface area contributed by atoms with Crippen LogP contribution in [0.5, 0.6) is 0 Å². The lowest BCUT2D eigenvalue weighted by Crippen LogP contribution is -2.57. The summed E-state index contributed by atoms with van der Waals surface area (Å²) in [5.41, 5.74) is 0. The van der Waals surface area contributed by atoms with E-state index < -0.39 is 17.7 Å². The maximum atomic E-state index is 13.4. The highest BCUT2D eigenvalue weighted by molar-refractivity contribution is 5.78. The summed E-state index contributed by atoms with van der Waals surface area (Å²) in [6.45, 7) is 1.27. The molecule has 1 aliphatic rings. The summed E-state index contributed by atoms with van der Waals surface area (Å²) in [7, 11) is 0. The molecule has 1 aliphatic heterocycles. The molecule has 1 atom stereocenters. The zero-order valence-electron chi connectivity index (χ0n) is 8.46. The molecule has 4 nitrogen and oxygen atoms in total. The van der Waals surface area contributed by atoms with E-state index in [1.807, 2.05) is 0 Å². The summed E-state index contributed by atoms with van der Waals surface area (Å²) in [4.78, 5) is 11.0. The zero-order valence-corrected chi connectivity index (χ0v) is 8.46. The second-order valence-electron chi connectivity index (χ2n) is 3.38. The monoisotopic (exact) mass is 224 g/mol. The molecule has 88 valence electrons. The molecule has 6 heteroatoms. The molecule has 1 fully saturated rings. The van der Waals surface area contributed by atoms with E-state index in [1.165, 1.54) is 6.92 Å². The van der Waals surface area contributed by atoms with Gasteiger partial charge in [0, 0.05) is 6.42 Å². The van der Waals surface area contributed by atoms with Gasteiger partial charge in [-0.25, -0.2) is 4.79 Å². The Morgan fingerprint density at radius 3 is 2.73 bits per heavy atom. The normalized spacial score (nSPS) is 27.5. The van der Waals surface area contributed by atoms with Crippen LogP contribution in [0, 0.1) is 0 Å². The maximum Gasteiger partial charge on any atom is 0.394 e. The van der Waals surface area contributed by atoms with Crippen LogP contribution in [0.1, 0.15) is 26.2 Å². The van der Waals surface area contributed by atoms with Crippen molar-refractivity contribution >= 4 is 5.97 Å². The van der Waals surface area contributed by atoms with Crippen LogP contribution in [0.3, 0.4) is 0 Å². The van der Waals surface area contributed by atoms with E-state index in [0.717, 1.165) is 0 Å². The number of ether oxygens (including phenoxy) is 2. The Hall–Kier alpha value is -0.750. The molecular weight excluding hydrogens is 210 g/mol. The van der Waals surface area contributed by atoms with Crippen molar-refractivity contribution in [3.8, 4) is 0 Å². The fourth-order valence-corrected chi connectivity index (χ4v) is 1.41. The first-order valence-corrected chi connectivity index (χ1v) is 4.85. The van der Waals surface area contributed by atoms with Gasteiger partial charge in [0.1, 0.15) is 0 Å². The summed E-state index contributed by atoms with van der Waals surface area (Å²) in [6.07, 6.45) is 0.728. The molecule has 0 aliphatic carbocycles. The highest BCUT2D eigenvalue weighted by Gasteiger charge is 2.61. The summed E-state index contributed by atoms with van der Waals surface area (Å²) >= 11 is 0. The predicted molar refractivity (Wildman–Crippen MR) is 46.3 cm³/mol. The Labute approximate surface area is 86.2 Å². The molecule has 1 unspecified atom stereocenters. The molecule has 15 heavy (non-hydrogen) atoms. The third-order valence-corrected chi connectivity index (χ3v) is 2.27. The van der Waals surface area contributed by atoms with Gasteiger partial charge in [0.15, 0.2) is 0 Å². The second-order valence-corrected chi connectivity index (χ2v) is 3.38. The van der Waals surface area contributed by atoms with Crippen LogP contribution in [-0.4, -0.2) is 36.0 Å². The molecule has 0 radical (unpaired) electrons. The Balaban J connectivity index is 2.77. The van der Waals surface area contributed by atoms with Crippen molar-refractivity contribution in [3.05, 3.63) is 0 Å². The minimum atomic E-state index is -4.01. The molecule has 1 rings (SSSR count). The van der Waals surface area contributed by atoms with Gasteiger partial charge in [-0.2, -0.15) is 8.78 Å². The number of rotatable bonds is 3. The number of alkyl halides is 2. The average molecular weight is 224 g/mol. The lowest BCUT2D eigenvalue weighted by atomic mass is 9.99. The summed E-state index contributed by atoms with van der Waals surface area (Å²) < 4.78 is 35.6. The van der Waals surface area contributed by atoms with Gasteiger partial charge < -0.3 is 14.6 Å². The van der Waals surface area contributed by atoms with Gasteiger partial charge in [-0.1, -0.05) is 0 Å². The molecule has 0 spiro atoms. The molecule has 0 bridgehead atoms. The van der Waals surface area contributed by atoms with E-state index in [1.54, 1.807) is 0 Å². The SMILES string of the molecule is CCOC(=O)C(F)(F)C1(O)CCCCO1. The summed E-state index contributed by atoms with van der Waals surface area (Å²) in [5, 5.41) is 9.52. The topological polar surface area (TPSA) is 55.8 Å². The van der Waals surface area contributed by atoms with Crippen LogP contribution in [0.2, 0.25) is 0 Å². The maximum absolute atomic E-state index is 13.4. The Kier molecular flexibility index (Phi) is 3.62. The first kappa shape index (κ1) is 12.3. The van der Waals surface area contributed by atoms with E-state index >= 15 is 0 Å². The second kappa shape index (κ2) is 4.40. The van der Waals surface area contributed by atoms with Crippen molar-refractivity contribution in [2.45, 2.75) is 37.9 Å². The van der Waals surface area contributed by atoms with Crippen LogP contribution in [-0.2, 0) is 14.3 Å². The molecular formula is C9H14F2O4. The van der Waals surface area contributed by atoms with Crippen molar-refractivity contribution in [3.63, 3.8) is 0 Å². The highest BCUT2D eigenvalue weighted by atomic mass is 19.3. The molecule has 0 saturated carbocycles. The quantitative estimate of drug-likeness (QED) is 0.728. The number of aliphatic hydroxyl groups is 1. The number of esters is 1. The number of hydrogen-bond acceptors (Lipinski definition) is 4. The zero-order chi connectivity index (χ0) is 11.5. The van der Waals surface area contributed by atoms with E-state index in [0.29, 0.717) is 12.8 Å². The standard InChI is InChI=1S/C9H14F2O4/c1-2-14-7(12)9(10,11)8(13)5-3-4-6-15-8/h13H,2-6H2,1H3. The number of hydrogen-bond donors (Lipinski definition) is 1. The van der Waals surface area contributed by atoms with Gasteiger partial charge in [-0.15, -0.1) is 0 Å². The lowest BCUT2D eigenvalue weighted by Gasteiger charge is -2.36. The fraction of sp³-hybridized carbons (Fsp3) is 0.889. The first-order valence-electron chi connectivity index (χ1n) is 4.85. The minimum Gasteiger partial charge on any atom is -0.461 e. The van der Waals surface area contributed by atoms with Crippen molar-refractivity contribution in [2.24, 2.45) is 0 Å². The van der Waals surface area contributed by atoms with Crippen LogP contribution in [0.15, 0.2) is 0 Å². The van der Waals surface area contributed by atoms with Gasteiger partial charge in [0.25, 0.3) is 0 Å². The van der Waals surface area contributed by atoms with Gasteiger partial charge in [0.05, 0.1) is 13.2 Å². The van der Waals surface area contributed by atoms with Crippen LogP contribution < -0.4 is 0 Å². The predicted octanol–water partition coefficient (Wildman–Crippen LogP) is 1.07. The van der Waals surface area contributed by atoms with Crippen molar-refractivity contribution in [1.29, 1.82) is 0 Å². The molecule has 1 saturated heterocycles. The van der Waals surface area contributed by atoms with Crippen molar-refractivity contribution < 1.29 is 28.2 Å². The Bertz CT molecular complexity index is 236. The number of carbonyl (C=O) groups excluding carboxylic acids is 1. The van der Waals surface area contributed by atoms with Crippen molar-refractivity contribution in [1.82, 2.24) is 0 Å². The van der Waals surface area contributed by atoms with E-state index in [-0.39, 0.29) is 19.6 Å². The lowest BCUT2D eigenvalue weighted by molar-refractivity contribution is -0.324. The van der Waals surface area contributed by atoms with Gasteiger partial charge in [-0.05, 0) is 19.8 Å². The molecule has 0 amide bonds. The summed E-state index contributed by atoms with van der Waals surface area (Å²) in [5.74, 6) is -8.46. The third-order valence-electron chi connectivity index (χ3n) is 2.27. The van der Waals surface area contributed by atoms with Crippen molar-refractivity contribution in [2.75, 3.05) is 13.2 Å². The smallest absolute Gasteiger partial charge is 0.394 e. The van der Waals surface area contributed by atoms with E-state index in [2.05, 4.69) is 9.47 Å². The molecule has 0 aromatic heterocycles. The highest BCUT2D eigenvalue weighted by Crippen LogP contribution is 2.37. The summed E-state index contributed by atoms with van der Waals surface area (Å²) in [6, 6.07) is 0. The number of carbonyl (C=O) groups is 1. The Morgan fingerprint density at radius 1 is 1.60 bits per heavy atom. The van der Waals surface area contributed by atoms with E-state index in [4.69, 9.17) is 0 Å². The fourth-order valence-electron chi connectivity index (χ4n) is 1.41. The van der Waals surface area contributed by atoms with Crippen LogP contribution in [0.4, 0.5) is 8.78 Å². The minimum absolute atomic E-state index is 0.0193.